The van der Waals surface area contributed by atoms with E-state index in [1.54, 1.807) is 0 Å². The number of hydrogen-bond acceptors (Lipinski definition) is 2. The highest BCUT2D eigenvalue weighted by Crippen LogP contribution is 2.26. The molecule has 1 aromatic rings. The van der Waals surface area contributed by atoms with Crippen molar-refractivity contribution >= 4 is 5.82 Å². The van der Waals surface area contributed by atoms with E-state index in [4.69, 9.17) is 5.73 Å². The van der Waals surface area contributed by atoms with Crippen LogP contribution in [0.25, 0.3) is 0 Å². The van der Waals surface area contributed by atoms with Crippen LogP contribution in [0.4, 0.5) is 5.82 Å². The van der Waals surface area contributed by atoms with Gasteiger partial charge in [-0.2, -0.15) is 0 Å². The molecule has 3 nitrogen and oxygen atoms in total. The van der Waals surface area contributed by atoms with Crippen LogP contribution in [0.1, 0.15) is 24.5 Å². The number of nitrogens with one attached hydrogen (secondary N) is 1. The first-order chi connectivity index (χ1) is 6.29. The van der Waals surface area contributed by atoms with Crippen molar-refractivity contribution in [1.82, 2.24) is 9.88 Å². The van der Waals surface area contributed by atoms with E-state index in [0.717, 1.165) is 18.9 Å². The molecule has 0 bridgehead atoms. The predicted molar refractivity (Wildman–Crippen MR) is 54.7 cm³/mol. The summed E-state index contributed by atoms with van der Waals surface area (Å²) in [6.45, 7) is 2.27. The molecule has 72 valence electrons. The molecule has 0 aliphatic carbocycles. The zero-order chi connectivity index (χ0) is 9.26. The quantitative estimate of drug-likeness (QED) is 0.677. The summed E-state index contributed by atoms with van der Waals surface area (Å²) in [4.78, 5) is 0. The van der Waals surface area contributed by atoms with Gasteiger partial charge in [0.1, 0.15) is 5.82 Å². The smallest absolute Gasteiger partial charge is 0.103 e. The molecule has 1 aliphatic heterocycles. The zero-order valence-electron chi connectivity index (χ0n) is 8.09. The Morgan fingerprint density at radius 1 is 1.38 bits per heavy atom. The van der Waals surface area contributed by atoms with E-state index < -0.39 is 0 Å². The molecule has 0 spiro atoms. The number of rotatable bonds is 1. The van der Waals surface area contributed by atoms with E-state index in [2.05, 4.69) is 16.0 Å². The van der Waals surface area contributed by atoms with Gasteiger partial charge in [0.15, 0.2) is 0 Å². The maximum atomic E-state index is 5.79. The van der Waals surface area contributed by atoms with Crippen molar-refractivity contribution in [2.75, 3.05) is 18.8 Å². The van der Waals surface area contributed by atoms with Crippen LogP contribution < -0.4 is 11.1 Å². The van der Waals surface area contributed by atoms with Gasteiger partial charge in [0.05, 0.1) is 0 Å². The van der Waals surface area contributed by atoms with E-state index in [9.17, 15) is 0 Å². The van der Waals surface area contributed by atoms with Crippen LogP contribution in [0, 0.1) is 0 Å². The minimum atomic E-state index is 0.698. The van der Waals surface area contributed by atoms with E-state index in [1.165, 1.54) is 18.5 Å². The van der Waals surface area contributed by atoms with Crippen molar-refractivity contribution in [3.8, 4) is 0 Å². The van der Waals surface area contributed by atoms with E-state index in [-0.39, 0.29) is 0 Å². The molecule has 1 fully saturated rings. The topological polar surface area (TPSA) is 43.0 Å². The van der Waals surface area contributed by atoms with Crippen molar-refractivity contribution < 1.29 is 0 Å². The highest BCUT2D eigenvalue weighted by molar-refractivity contribution is 5.35. The van der Waals surface area contributed by atoms with Crippen molar-refractivity contribution in [3.63, 3.8) is 0 Å². The summed E-state index contributed by atoms with van der Waals surface area (Å²) in [5, 5.41) is 3.37. The normalized spacial score (nSPS) is 19.2. The van der Waals surface area contributed by atoms with E-state index in [0.29, 0.717) is 5.92 Å². The van der Waals surface area contributed by atoms with Gasteiger partial charge < -0.3 is 15.6 Å². The fraction of sp³-hybridized carbons (Fsp3) is 0.600. The fourth-order valence-corrected chi connectivity index (χ4v) is 2.07. The lowest BCUT2D eigenvalue weighted by Crippen LogP contribution is -2.27. The Kier molecular flexibility index (Phi) is 2.27. The van der Waals surface area contributed by atoms with Gasteiger partial charge in [0.25, 0.3) is 0 Å². The van der Waals surface area contributed by atoms with Gasteiger partial charge in [-0.25, -0.2) is 0 Å². The molecular weight excluding hydrogens is 162 g/mol. The molecule has 0 atom stereocenters. The van der Waals surface area contributed by atoms with Crippen LogP contribution in [0.2, 0.25) is 0 Å². The Labute approximate surface area is 78.9 Å². The molecular formula is C10H17N3. The highest BCUT2D eigenvalue weighted by atomic mass is 15.0. The molecule has 0 amide bonds. The standard InChI is InChI=1S/C10H17N3/c1-13-9(2-3-10(13)11)8-4-6-12-7-5-8/h2-3,8,12H,4-7,11H2,1H3. The Hall–Kier alpha value is -0.960. The lowest BCUT2D eigenvalue weighted by Gasteiger charge is -2.23. The Morgan fingerprint density at radius 3 is 2.62 bits per heavy atom. The first kappa shape index (κ1) is 8.63. The minimum absolute atomic E-state index is 0.698. The monoisotopic (exact) mass is 179 g/mol. The van der Waals surface area contributed by atoms with Gasteiger partial charge in [-0.1, -0.05) is 0 Å². The van der Waals surface area contributed by atoms with Crippen molar-refractivity contribution in [2.45, 2.75) is 18.8 Å². The molecule has 3 heteroatoms. The first-order valence-electron chi connectivity index (χ1n) is 4.91. The molecule has 0 unspecified atom stereocenters. The van der Waals surface area contributed by atoms with Gasteiger partial charge >= 0.3 is 0 Å². The van der Waals surface area contributed by atoms with Gasteiger partial charge in [-0.3, -0.25) is 0 Å². The molecule has 1 saturated heterocycles. The summed E-state index contributed by atoms with van der Waals surface area (Å²) in [5.41, 5.74) is 7.18. The van der Waals surface area contributed by atoms with E-state index >= 15 is 0 Å². The van der Waals surface area contributed by atoms with Crippen molar-refractivity contribution in [2.24, 2.45) is 7.05 Å². The number of nitrogens with two attached hydrogens (primary N) is 1. The van der Waals surface area contributed by atoms with Gasteiger partial charge in [0.2, 0.25) is 0 Å². The lowest BCUT2D eigenvalue weighted by atomic mass is 9.95. The van der Waals surface area contributed by atoms with Crippen LogP contribution in [-0.4, -0.2) is 17.7 Å². The summed E-state index contributed by atoms with van der Waals surface area (Å²) in [6.07, 6.45) is 2.47. The summed E-state index contributed by atoms with van der Waals surface area (Å²) < 4.78 is 2.11. The van der Waals surface area contributed by atoms with Crippen molar-refractivity contribution in [1.29, 1.82) is 0 Å². The summed E-state index contributed by atoms with van der Waals surface area (Å²) in [7, 11) is 2.05. The maximum absolute atomic E-state index is 5.79. The zero-order valence-corrected chi connectivity index (χ0v) is 8.09. The van der Waals surface area contributed by atoms with Crippen LogP contribution in [0.5, 0.6) is 0 Å². The predicted octanol–water partition coefficient (Wildman–Crippen LogP) is 1.07. The molecule has 2 heterocycles. The third kappa shape index (κ3) is 1.56. The molecule has 1 aromatic heterocycles. The second-order valence-electron chi connectivity index (χ2n) is 3.77. The number of anilines is 1. The SMILES string of the molecule is Cn1c(N)ccc1C1CCNCC1. The lowest BCUT2D eigenvalue weighted by molar-refractivity contribution is 0.446. The number of nitrogens with zero attached hydrogens (tertiary/aromatic N) is 1. The molecule has 0 aromatic carbocycles. The van der Waals surface area contributed by atoms with E-state index in [1.807, 2.05) is 13.1 Å². The third-order valence-corrected chi connectivity index (χ3v) is 2.96. The number of hydrogen-bond donors (Lipinski definition) is 2. The summed E-state index contributed by atoms with van der Waals surface area (Å²) in [6, 6.07) is 4.16. The minimum Gasteiger partial charge on any atom is -0.385 e. The second-order valence-corrected chi connectivity index (χ2v) is 3.77. The average Bonchev–Trinajstić information content (AvgIpc) is 2.49. The largest absolute Gasteiger partial charge is 0.385 e. The highest BCUT2D eigenvalue weighted by Gasteiger charge is 2.17. The molecule has 2 rings (SSSR count). The molecule has 13 heavy (non-hydrogen) atoms. The summed E-state index contributed by atoms with van der Waals surface area (Å²) in [5.74, 6) is 1.57. The van der Waals surface area contributed by atoms with Crippen LogP contribution in [-0.2, 0) is 7.05 Å². The number of nitrogen functional groups attached to an aromatic ring is 1. The first-order valence-corrected chi connectivity index (χ1v) is 4.91. The van der Waals surface area contributed by atoms with Gasteiger partial charge in [-0.15, -0.1) is 0 Å². The summed E-state index contributed by atoms with van der Waals surface area (Å²) >= 11 is 0. The van der Waals surface area contributed by atoms with Gasteiger partial charge in [0, 0.05) is 18.7 Å². The van der Waals surface area contributed by atoms with Crippen molar-refractivity contribution in [3.05, 3.63) is 17.8 Å². The Balaban J connectivity index is 2.18. The second kappa shape index (κ2) is 3.42. The molecule has 1 aliphatic rings. The Morgan fingerprint density at radius 2 is 2.08 bits per heavy atom. The van der Waals surface area contributed by atoms with Crippen LogP contribution in [0.3, 0.4) is 0 Å². The van der Waals surface area contributed by atoms with Crippen LogP contribution >= 0.6 is 0 Å². The number of piperidine rings is 1. The maximum Gasteiger partial charge on any atom is 0.103 e. The van der Waals surface area contributed by atoms with Gasteiger partial charge in [-0.05, 0) is 38.1 Å². The molecule has 0 saturated carbocycles. The molecule has 0 radical (unpaired) electrons. The third-order valence-electron chi connectivity index (χ3n) is 2.96. The average molecular weight is 179 g/mol. The van der Waals surface area contributed by atoms with Crippen LogP contribution in [0.15, 0.2) is 12.1 Å². The Bertz CT molecular complexity index is 284. The fourth-order valence-electron chi connectivity index (χ4n) is 2.07. The molecule has 3 N–H and O–H groups in total. The number of aromatic nitrogens is 1.